The molecule has 2 aliphatic heterocycles. The van der Waals surface area contributed by atoms with Crippen molar-refractivity contribution >= 4 is 37.5 Å². The first-order valence-corrected chi connectivity index (χ1v) is 17.7. The molecule has 4 heterocycles. The highest BCUT2D eigenvalue weighted by atomic mass is 32.2. The van der Waals surface area contributed by atoms with Gasteiger partial charge in [0.15, 0.2) is 5.82 Å². The van der Waals surface area contributed by atoms with Crippen LogP contribution >= 0.6 is 0 Å². The number of hydrogen-bond donors (Lipinski definition) is 3. The second-order valence-electron chi connectivity index (χ2n) is 12.5. The maximum atomic E-state index is 16.8. The minimum Gasteiger partial charge on any atom is -0.508 e. The second kappa shape index (κ2) is 13.8. The topological polar surface area (TPSA) is 144 Å². The van der Waals surface area contributed by atoms with E-state index in [2.05, 4.69) is 20.3 Å². The maximum Gasteiger partial charge on any atom is 0.319 e. The van der Waals surface area contributed by atoms with Crippen molar-refractivity contribution in [2.24, 2.45) is 11.1 Å². The summed E-state index contributed by atoms with van der Waals surface area (Å²) in [6.07, 6.45) is 4.19. The van der Waals surface area contributed by atoms with Gasteiger partial charge in [-0.1, -0.05) is 19.4 Å². The lowest BCUT2D eigenvalue weighted by Crippen LogP contribution is -2.39. The highest BCUT2D eigenvalue weighted by Gasteiger charge is 2.30. The Labute approximate surface area is 271 Å². The Kier molecular flexibility index (Phi) is 9.72. The van der Waals surface area contributed by atoms with Gasteiger partial charge < -0.3 is 20.1 Å². The van der Waals surface area contributed by atoms with Gasteiger partial charge in [-0.05, 0) is 85.5 Å². The molecule has 0 spiro atoms. The largest absolute Gasteiger partial charge is 0.508 e. The molecule has 10 nitrogen and oxygen atoms in total. The van der Waals surface area contributed by atoms with Gasteiger partial charge in [0.1, 0.15) is 34.8 Å². The predicted molar refractivity (Wildman–Crippen MR) is 175 cm³/mol. The number of alkyl halides is 1. The summed E-state index contributed by atoms with van der Waals surface area (Å²) in [5.41, 5.74) is 0.257. The Hall–Kier alpha value is -3.75. The van der Waals surface area contributed by atoms with Crippen LogP contribution in [0.3, 0.4) is 0 Å². The van der Waals surface area contributed by atoms with Gasteiger partial charge in [0, 0.05) is 31.4 Å². The fourth-order valence-corrected chi connectivity index (χ4v) is 7.67. The van der Waals surface area contributed by atoms with Crippen molar-refractivity contribution in [3.8, 4) is 23.0 Å². The van der Waals surface area contributed by atoms with Gasteiger partial charge in [-0.15, -0.1) is 0 Å². The minimum atomic E-state index is -3.88. The van der Waals surface area contributed by atoms with E-state index in [1.165, 1.54) is 30.5 Å². The third-order valence-electron chi connectivity index (χ3n) is 9.17. The number of aryl methyl sites for hydroxylation is 1. The van der Waals surface area contributed by atoms with E-state index >= 15 is 4.39 Å². The molecule has 2 aliphatic rings. The number of aromatic nitrogens is 3. The summed E-state index contributed by atoms with van der Waals surface area (Å²) in [4.78, 5) is 15.3. The number of phenolic OH excluding ortho intramolecular Hbond substituents is 1. The summed E-state index contributed by atoms with van der Waals surface area (Å²) in [5.74, 6) is -1.31. The highest BCUT2D eigenvalue weighted by Crippen LogP contribution is 2.39. The molecule has 0 amide bonds. The number of sulfonamides is 1. The molecule has 0 aliphatic carbocycles. The lowest BCUT2D eigenvalue weighted by molar-refractivity contribution is 0.166. The molecule has 3 atom stereocenters. The number of fused-ring (bicyclic) bond motifs is 2. The van der Waals surface area contributed by atoms with Crippen LogP contribution in [0, 0.1) is 17.6 Å². The van der Waals surface area contributed by atoms with Crippen molar-refractivity contribution in [2.45, 2.75) is 63.3 Å². The molecular formula is C33H39F3N6O4S. The Morgan fingerprint density at radius 2 is 1.98 bits per heavy atom. The molecule has 2 aromatic heterocycles. The Morgan fingerprint density at radius 3 is 2.77 bits per heavy atom. The van der Waals surface area contributed by atoms with E-state index in [4.69, 9.17) is 9.88 Å². The number of phenols is 1. The van der Waals surface area contributed by atoms with E-state index in [1.54, 1.807) is 11.8 Å². The van der Waals surface area contributed by atoms with Gasteiger partial charge in [0.2, 0.25) is 10.0 Å². The molecule has 4 N–H and O–H groups in total. The monoisotopic (exact) mass is 672 g/mol. The van der Waals surface area contributed by atoms with Gasteiger partial charge in [-0.2, -0.15) is 9.97 Å². The first kappa shape index (κ1) is 33.2. The molecule has 0 radical (unpaired) electrons. The molecular weight excluding hydrogens is 633 g/mol. The SMILES string of the molecule is CCc1c(F)ccc2cc(O)cc(-c3ncc4c(N5CCCCC(S(N)(=O)=O)C5)nc(OC[C@@H]5CCCNC[C@H](F)C5)nc4c3F)c12. The summed E-state index contributed by atoms with van der Waals surface area (Å²) in [7, 11) is -3.88. The van der Waals surface area contributed by atoms with E-state index in [-0.39, 0.29) is 65.4 Å². The average Bonchev–Trinajstić information content (AvgIpc) is 3.29. The van der Waals surface area contributed by atoms with Crippen LogP contribution in [0.25, 0.3) is 32.9 Å². The van der Waals surface area contributed by atoms with Crippen LogP contribution in [-0.2, 0) is 16.4 Å². The molecule has 14 heteroatoms. The van der Waals surface area contributed by atoms with Crippen molar-refractivity contribution in [3.05, 3.63) is 47.7 Å². The number of nitrogens with one attached hydrogen (secondary N) is 1. The van der Waals surface area contributed by atoms with Crippen LogP contribution in [0.1, 0.15) is 51.0 Å². The summed E-state index contributed by atoms with van der Waals surface area (Å²) in [6, 6.07) is 5.52. The van der Waals surface area contributed by atoms with Crippen molar-refractivity contribution in [2.75, 3.05) is 37.7 Å². The number of anilines is 1. The van der Waals surface area contributed by atoms with Crippen molar-refractivity contribution in [1.29, 1.82) is 0 Å². The molecule has 2 saturated heterocycles. The fraction of sp³-hybridized carbons (Fsp3) is 0.485. The third kappa shape index (κ3) is 7.09. The Balaban J connectivity index is 1.49. The number of nitrogens with zero attached hydrogens (tertiary/aromatic N) is 4. The number of ether oxygens (including phenoxy) is 1. The lowest BCUT2D eigenvalue weighted by atomic mass is 9.94. The number of rotatable bonds is 7. The zero-order valence-corrected chi connectivity index (χ0v) is 27.0. The zero-order valence-electron chi connectivity index (χ0n) is 26.2. The summed E-state index contributed by atoms with van der Waals surface area (Å²) < 4.78 is 77.0. The Morgan fingerprint density at radius 1 is 1.15 bits per heavy atom. The van der Waals surface area contributed by atoms with Crippen LogP contribution in [0.15, 0.2) is 30.5 Å². The van der Waals surface area contributed by atoms with E-state index < -0.39 is 33.1 Å². The first-order valence-electron chi connectivity index (χ1n) is 16.1. The number of aromatic hydroxyl groups is 1. The van der Waals surface area contributed by atoms with Crippen LogP contribution in [-0.4, -0.2) is 72.7 Å². The lowest BCUT2D eigenvalue weighted by Gasteiger charge is -2.26. The normalized spacial score (nSPS) is 21.4. The molecule has 0 bridgehead atoms. The second-order valence-corrected chi connectivity index (χ2v) is 14.3. The number of hydrogen-bond acceptors (Lipinski definition) is 9. The summed E-state index contributed by atoms with van der Waals surface area (Å²) in [5, 5.41) is 19.5. The van der Waals surface area contributed by atoms with E-state index in [1.807, 2.05) is 0 Å². The van der Waals surface area contributed by atoms with Gasteiger partial charge in [0.05, 0.1) is 17.2 Å². The smallest absolute Gasteiger partial charge is 0.319 e. The molecule has 252 valence electrons. The quantitative estimate of drug-likeness (QED) is 0.243. The van der Waals surface area contributed by atoms with Gasteiger partial charge >= 0.3 is 6.01 Å². The highest BCUT2D eigenvalue weighted by molar-refractivity contribution is 7.89. The zero-order chi connectivity index (χ0) is 33.3. The van der Waals surface area contributed by atoms with Crippen molar-refractivity contribution in [3.63, 3.8) is 0 Å². The third-order valence-corrected chi connectivity index (χ3v) is 10.5. The number of primary sulfonamides is 1. The van der Waals surface area contributed by atoms with Gasteiger partial charge in [-0.25, -0.2) is 26.7 Å². The van der Waals surface area contributed by atoms with Gasteiger partial charge in [0.25, 0.3) is 0 Å². The number of halogens is 3. The standard InChI is InChI=1S/C33H39F3N6O4S/c1-2-24-27(35)9-8-20-13-22(43)14-25(28(20)24)30-29(36)31-26(16-39-30)32(42-11-4-3-7-23(17-42)47(37,44)45)41-33(40-31)46-18-19-6-5-10-38-15-21(34)12-19/h8-9,13-14,16,19,21,23,38,43H,2-7,10-12,15,17-18H2,1H3,(H2,37,44,45)/t19-,21-,23?/m1/s1. The van der Waals surface area contributed by atoms with Crippen LogP contribution < -0.4 is 20.1 Å². The molecule has 47 heavy (non-hydrogen) atoms. The maximum absolute atomic E-state index is 16.8. The van der Waals surface area contributed by atoms with Crippen LogP contribution in [0.2, 0.25) is 0 Å². The molecule has 4 aromatic rings. The van der Waals surface area contributed by atoms with Crippen LogP contribution in [0.4, 0.5) is 19.0 Å². The number of benzene rings is 2. The van der Waals surface area contributed by atoms with Crippen molar-refractivity contribution < 1.29 is 31.4 Å². The van der Waals surface area contributed by atoms with Gasteiger partial charge in [-0.3, -0.25) is 4.98 Å². The number of nitrogens with two attached hydrogens (primary N) is 1. The van der Waals surface area contributed by atoms with E-state index in [0.29, 0.717) is 61.5 Å². The summed E-state index contributed by atoms with van der Waals surface area (Å²) in [6.45, 7) is 3.32. The average molecular weight is 673 g/mol. The molecule has 1 unspecified atom stereocenters. The first-order chi connectivity index (χ1) is 22.5. The number of pyridine rings is 1. The van der Waals surface area contributed by atoms with E-state index in [9.17, 15) is 22.3 Å². The minimum absolute atomic E-state index is 0.0310. The van der Waals surface area contributed by atoms with Crippen LogP contribution in [0.5, 0.6) is 11.8 Å². The van der Waals surface area contributed by atoms with Crippen molar-refractivity contribution in [1.82, 2.24) is 20.3 Å². The molecule has 6 rings (SSSR count). The fourth-order valence-electron chi connectivity index (χ4n) is 6.79. The molecule has 2 fully saturated rings. The molecule has 2 aromatic carbocycles. The molecule has 0 saturated carbocycles. The van der Waals surface area contributed by atoms with E-state index in [0.717, 1.165) is 12.8 Å². The summed E-state index contributed by atoms with van der Waals surface area (Å²) >= 11 is 0. The predicted octanol–water partition coefficient (Wildman–Crippen LogP) is 5.15. The Bertz CT molecular complexity index is 1900.